The molecule has 32 heavy (non-hydrogen) atoms. The molecule has 1 aliphatic heterocycles. The number of benzene rings is 2. The lowest BCUT2D eigenvalue weighted by Crippen LogP contribution is -2.29. The summed E-state index contributed by atoms with van der Waals surface area (Å²) in [5.74, 6) is -0.316. The van der Waals surface area contributed by atoms with Crippen molar-refractivity contribution in [1.82, 2.24) is 14.1 Å². The third kappa shape index (κ3) is 4.22. The van der Waals surface area contributed by atoms with Crippen LogP contribution in [0.2, 0.25) is 0 Å². The van der Waals surface area contributed by atoms with Crippen molar-refractivity contribution in [3.05, 3.63) is 54.2 Å². The Morgan fingerprint density at radius 1 is 1.16 bits per heavy atom. The fourth-order valence-corrected chi connectivity index (χ4v) is 5.77. The Hall–Kier alpha value is -2.91. The van der Waals surface area contributed by atoms with Gasteiger partial charge in [0.2, 0.25) is 10.0 Å². The number of fused-ring (bicyclic) bond motifs is 1. The Morgan fingerprint density at radius 2 is 1.84 bits per heavy atom. The van der Waals surface area contributed by atoms with Gasteiger partial charge in [0, 0.05) is 18.5 Å². The number of rotatable bonds is 7. The van der Waals surface area contributed by atoms with Crippen LogP contribution in [0.25, 0.3) is 10.9 Å². The van der Waals surface area contributed by atoms with Crippen molar-refractivity contribution in [2.45, 2.75) is 44.2 Å². The second-order valence-electron chi connectivity index (χ2n) is 8.48. The maximum atomic E-state index is 13.3. The molecule has 2 heterocycles. The molecule has 0 unspecified atom stereocenters. The molecule has 3 aromatic rings. The minimum Gasteiger partial charge on any atom is -0.491 e. The van der Waals surface area contributed by atoms with E-state index in [4.69, 9.17) is 4.74 Å². The average Bonchev–Trinajstić information content (AvgIpc) is 3.29. The number of para-hydroxylation sites is 1. The van der Waals surface area contributed by atoms with Crippen molar-refractivity contribution < 1.29 is 23.1 Å². The Balaban J connectivity index is 1.62. The number of sulfonamides is 1. The summed E-state index contributed by atoms with van der Waals surface area (Å²) in [5.41, 5.74) is 1.30. The average molecular weight is 458 g/mol. The molecule has 0 aliphatic carbocycles. The summed E-state index contributed by atoms with van der Waals surface area (Å²) < 4.78 is 35.5. The number of carboxylic acid groups (broad SMARTS) is 1. The highest BCUT2D eigenvalue weighted by Crippen LogP contribution is 2.34. The standard InChI is InChI=1S/C23H27N3O5S/c1-15(2)31-17-8-10-18(11-9-17)32(29,30)25-13-16(3)22(14-25)26-21-7-5-4-6-19(21)20(24-26)12-23(27)28/h4-11,15-16,22H,12-14H2,1-3H3,(H,27,28)/t16-,22+/m1/s1. The molecular weight excluding hydrogens is 430 g/mol. The summed E-state index contributed by atoms with van der Waals surface area (Å²) in [7, 11) is -3.68. The molecule has 1 N–H and O–H groups in total. The highest BCUT2D eigenvalue weighted by atomic mass is 32.2. The zero-order chi connectivity index (χ0) is 23.0. The molecule has 1 saturated heterocycles. The molecule has 0 radical (unpaired) electrons. The summed E-state index contributed by atoms with van der Waals surface area (Å²) in [4.78, 5) is 11.5. The molecule has 0 bridgehead atoms. The molecule has 1 aliphatic rings. The van der Waals surface area contributed by atoms with Crippen LogP contribution in [0.4, 0.5) is 0 Å². The maximum Gasteiger partial charge on any atom is 0.309 e. The number of nitrogens with zero attached hydrogens (tertiary/aromatic N) is 3. The van der Waals surface area contributed by atoms with Gasteiger partial charge in [0.15, 0.2) is 0 Å². The topological polar surface area (TPSA) is 102 Å². The summed E-state index contributed by atoms with van der Waals surface area (Å²) in [6.07, 6.45) is -0.172. The van der Waals surface area contributed by atoms with Crippen molar-refractivity contribution in [1.29, 1.82) is 0 Å². The zero-order valence-corrected chi connectivity index (χ0v) is 19.1. The number of hydrogen-bond donors (Lipinski definition) is 1. The summed E-state index contributed by atoms with van der Waals surface area (Å²) >= 11 is 0. The predicted octanol–water partition coefficient (Wildman–Crippen LogP) is 3.33. The van der Waals surface area contributed by atoms with Gasteiger partial charge in [-0.1, -0.05) is 25.1 Å². The van der Waals surface area contributed by atoms with Crippen molar-refractivity contribution in [2.75, 3.05) is 13.1 Å². The number of carbonyl (C=O) groups is 1. The first-order chi connectivity index (χ1) is 15.2. The van der Waals surface area contributed by atoms with Gasteiger partial charge in [-0.15, -0.1) is 0 Å². The van der Waals surface area contributed by atoms with E-state index in [1.54, 1.807) is 28.9 Å². The fraction of sp³-hybridized carbons (Fsp3) is 0.391. The first-order valence-electron chi connectivity index (χ1n) is 10.6. The van der Waals surface area contributed by atoms with Crippen LogP contribution in [0.3, 0.4) is 0 Å². The maximum absolute atomic E-state index is 13.3. The second kappa shape index (κ2) is 8.55. The molecule has 2 aromatic carbocycles. The first kappa shape index (κ1) is 22.3. The number of aliphatic carboxylic acids is 1. The van der Waals surface area contributed by atoms with Crippen LogP contribution >= 0.6 is 0 Å². The quantitative estimate of drug-likeness (QED) is 0.584. The van der Waals surface area contributed by atoms with Gasteiger partial charge < -0.3 is 9.84 Å². The SMILES string of the molecule is CC(C)Oc1ccc(S(=O)(=O)N2C[C@@H](C)[C@@H](n3nc(CC(=O)O)c4ccccc43)C2)cc1. The third-order valence-electron chi connectivity index (χ3n) is 5.70. The van der Waals surface area contributed by atoms with Gasteiger partial charge in [-0.3, -0.25) is 9.48 Å². The van der Waals surface area contributed by atoms with Crippen molar-refractivity contribution in [3.63, 3.8) is 0 Å². The highest BCUT2D eigenvalue weighted by Gasteiger charge is 2.39. The zero-order valence-electron chi connectivity index (χ0n) is 18.3. The van der Waals surface area contributed by atoms with Gasteiger partial charge >= 0.3 is 5.97 Å². The van der Waals surface area contributed by atoms with Gasteiger partial charge in [0.1, 0.15) is 5.75 Å². The number of carboxylic acids is 1. The Morgan fingerprint density at radius 3 is 2.50 bits per heavy atom. The first-order valence-corrected chi connectivity index (χ1v) is 12.1. The van der Waals surface area contributed by atoms with Crippen molar-refractivity contribution >= 4 is 26.9 Å². The Kier molecular flexibility index (Phi) is 5.96. The smallest absolute Gasteiger partial charge is 0.309 e. The van der Waals surface area contributed by atoms with E-state index in [9.17, 15) is 18.3 Å². The molecule has 0 spiro atoms. The summed E-state index contributed by atoms with van der Waals surface area (Å²) in [6.45, 7) is 6.45. The van der Waals surface area contributed by atoms with Crippen LogP contribution < -0.4 is 4.74 Å². The van der Waals surface area contributed by atoms with E-state index in [1.165, 1.54) is 4.31 Å². The van der Waals surface area contributed by atoms with Gasteiger partial charge in [-0.05, 0) is 50.1 Å². The molecule has 1 fully saturated rings. The van der Waals surface area contributed by atoms with Crippen LogP contribution in [0.1, 0.15) is 32.5 Å². The lowest BCUT2D eigenvalue weighted by Gasteiger charge is -2.18. The Labute approximate surface area is 187 Å². The minimum atomic E-state index is -3.68. The Bertz CT molecular complexity index is 1230. The van der Waals surface area contributed by atoms with Crippen LogP contribution in [-0.4, -0.2) is 52.8 Å². The second-order valence-corrected chi connectivity index (χ2v) is 10.4. The van der Waals surface area contributed by atoms with Crippen LogP contribution in [0, 0.1) is 5.92 Å². The molecule has 8 nitrogen and oxygen atoms in total. The molecule has 2 atom stereocenters. The molecule has 0 amide bonds. The fourth-order valence-electron chi connectivity index (χ4n) is 4.21. The van der Waals surface area contributed by atoms with Crippen LogP contribution in [0.5, 0.6) is 5.75 Å². The van der Waals surface area contributed by atoms with E-state index in [0.29, 0.717) is 18.0 Å². The van der Waals surface area contributed by atoms with E-state index in [1.807, 2.05) is 45.0 Å². The highest BCUT2D eigenvalue weighted by molar-refractivity contribution is 7.89. The monoisotopic (exact) mass is 457 g/mol. The van der Waals surface area contributed by atoms with E-state index in [2.05, 4.69) is 5.10 Å². The molecule has 170 valence electrons. The van der Waals surface area contributed by atoms with E-state index in [-0.39, 0.29) is 35.9 Å². The summed E-state index contributed by atoms with van der Waals surface area (Å²) in [6, 6.07) is 13.8. The normalized spacial score (nSPS) is 19.6. The van der Waals surface area contributed by atoms with Crippen LogP contribution in [0.15, 0.2) is 53.4 Å². The van der Waals surface area contributed by atoms with Gasteiger partial charge in [0.05, 0.1) is 34.7 Å². The molecule has 0 saturated carbocycles. The molecular formula is C23H27N3O5S. The van der Waals surface area contributed by atoms with Gasteiger partial charge in [0.25, 0.3) is 0 Å². The van der Waals surface area contributed by atoms with Crippen molar-refractivity contribution in [3.8, 4) is 5.75 Å². The third-order valence-corrected chi connectivity index (χ3v) is 7.54. The molecule has 1 aromatic heterocycles. The van der Waals surface area contributed by atoms with E-state index in [0.717, 1.165) is 10.9 Å². The van der Waals surface area contributed by atoms with Crippen molar-refractivity contribution in [2.24, 2.45) is 5.92 Å². The summed E-state index contributed by atoms with van der Waals surface area (Å²) in [5, 5.41) is 14.6. The number of ether oxygens (including phenoxy) is 1. The number of hydrogen-bond acceptors (Lipinski definition) is 5. The van der Waals surface area contributed by atoms with Gasteiger partial charge in [-0.25, -0.2) is 8.42 Å². The lowest BCUT2D eigenvalue weighted by molar-refractivity contribution is -0.136. The predicted molar refractivity (Wildman–Crippen MR) is 120 cm³/mol. The lowest BCUT2D eigenvalue weighted by atomic mass is 10.1. The largest absolute Gasteiger partial charge is 0.491 e. The number of aromatic nitrogens is 2. The molecule has 4 rings (SSSR count). The van der Waals surface area contributed by atoms with E-state index >= 15 is 0 Å². The minimum absolute atomic E-state index is 0.00700. The van der Waals surface area contributed by atoms with E-state index < -0.39 is 16.0 Å². The molecule has 9 heteroatoms. The van der Waals surface area contributed by atoms with Crippen LogP contribution in [-0.2, 0) is 21.2 Å². The van der Waals surface area contributed by atoms with Gasteiger partial charge in [-0.2, -0.15) is 9.40 Å².